The molecule has 0 spiro atoms. The predicted molar refractivity (Wildman–Crippen MR) is 103 cm³/mol. The second-order valence-corrected chi connectivity index (χ2v) is 6.46. The van der Waals surface area contributed by atoms with Gasteiger partial charge in [-0.2, -0.15) is 4.57 Å². The van der Waals surface area contributed by atoms with E-state index in [9.17, 15) is 14.9 Å². The average molecular weight is 372 g/mol. The fraction of sp³-hybridized carbons (Fsp3) is 0.400. The van der Waals surface area contributed by atoms with E-state index >= 15 is 0 Å². The number of carbonyl (C=O) groups excluding carboxylic acids is 1. The summed E-state index contributed by atoms with van der Waals surface area (Å²) in [7, 11) is 1.36. The van der Waals surface area contributed by atoms with E-state index in [1.165, 1.54) is 24.8 Å². The Bertz CT molecular complexity index is 815. The van der Waals surface area contributed by atoms with Crippen molar-refractivity contribution in [2.75, 3.05) is 12.4 Å². The minimum atomic E-state index is -0.505. The average Bonchev–Trinajstić information content (AvgIpc) is 2.65. The van der Waals surface area contributed by atoms with Gasteiger partial charge in [-0.3, -0.25) is 14.9 Å². The Labute approximate surface area is 159 Å². The van der Waals surface area contributed by atoms with Crippen LogP contribution in [-0.4, -0.2) is 17.9 Å². The van der Waals surface area contributed by atoms with Gasteiger partial charge in [0.2, 0.25) is 6.54 Å². The second-order valence-electron chi connectivity index (χ2n) is 6.46. The van der Waals surface area contributed by atoms with E-state index in [1.54, 1.807) is 11.5 Å². The molecule has 7 nitrogen and oxygen atoms in total. The summed E-state index contributed by atoms with van der Waals surface area (Å²) >= 11 is 0. The van der Waals surface area contributed by atoms with Crippen LogP contribution in [0.5, 0.6) is 5.75 Å². The van der Waals surface area contributed by atoms with Crippen molar-refractivity contribution >= 4 is 17.3 Å². The number of nitrogens with one attached hydrogen (secondary N) is 1. The summed E-state index contributed by atoms with van der Waals surface area (Å²) in [6.07, 6.45) is 5.97. The van der Waals surface area contributed by atoms with E-state index in [4.69, 9.17) is 4.74 Å². The van der Waals surface area contributed by atoms with Crippen LogP contribution in [0.1, 0.15) is 43.7 Å². The van der Waals surface area contributed by atoms with Crippen LogP contribution in [0.4, 0.5) is 11.4 Å². The van der Waals surface area contributed by atoms with Crippen LogP contribution in [0.3, 0.4) is 0 Å². The Balaban J connectivity index is 2.10. The van der Waals surface area contributed by atoms with Crippen molar-refractivity contribution < 1.29 is 19.0 Å². The van der Waals surface area contributed by atoms with E-state index in [-0.39, 0.29) is 23.9 Å². The van der Waals surface area contributed by atoms with Crippen LogP contribution < -0.4 is 14.6 Å². The standard InChI is InChI=1S/C20H25N3O4/c1-5-15(6-2)16-7-9-22(10-8-16)13-20(24)21-17-12-19(27-4)18(23(25)26)11-14(17)3/h7-12,15H,5-6,13H2,1-4H3/p+1. The molecule has 2 aromatic rings. The molecule has 0 aliphatic carbocycles. The van der Waals surface area contributed by atoms with Gasteiger partial charge in [0.05, 0.1) is 12.0 Å². The lowest BCUT2D eigenvalue weighted by Crippen LogP contribution is -2.39. The minimum absolute atomic E-state index is 0.114. The number of hydrogen-bond donors (Lipinski definition) is 1. The zero-order chi connectivity index (χ0) is 20.0. The smallest absolute Gasteiger partial charge is 0.311 e. The topological polar surface area (TPSA) is 85.3 Å². The van der Waals surface area contributed by atoms with Crippen LogP contribution >= 0.6 is 0 Å². The Kier molecular flexibility index (Phi) is 6.87. The fourth-order valence-corrected chi connectivity index (χ4v) is 3.08. The maximum atomic E-state index is 12.4. The lowest BCUT2D eigenvalue weighted by atomic mass is 9.95. The molecule has 144 valence electrons. The lowest BCUT2D eigenvalue weighted by molar-refractivity contribution is -0.684. The van der Waals surface area contributed by atoms with E-state index in [1.807, 2.05) is 24.5 Å². The molecule has 0 bridgehead atoms. The van der Waals surface area contributed by atoms with E-state index in [2.05, 4.69) is 19.2 Å². The molecule has 0 radical (unpaired) electrons. The Morgan fingerprint density at radius 2 is 1.89 bits per heavy atom. The summed E-state index contributed by atoms with van der Waals surface area (Å²) in [5.74, 6) is 0.432. The molecule has 0 fully saturated rings. The summed E-state index contributed by atoms with van der Waals surface area (Å²) in [5.41, 5.74) is 2.24. The number of ether oxygens (including phenoxy) is 1. The summed E-state index contributed by atoms with van der Waals surface area (Å²) in [6, 6.07) is 6.97. The Hall–Kier alpha value is -2.96. The van der Waals surface area contributed by atoms with Crippen molar-refractivity contribution in [1.29, 1.82) is 0 Å². The first kappa shape index (κ1) is 20.4. The van der Waals surface area contributed by atoms with E-state index in [0.717, 1.165) is 12.8 Å². The number of carbonyl (C=O) groups is 1. The highest BCUT2D eigenvalue weighted by Crippen LogP contribution is 2.32. The highest BCUT2D eigenvalue weighted by atomic mass is 16.6. The molecule has 1 amide bonds. The molecule has 1 aromatic carbocycles. The van der Waals surface area contributed by atoms with Crippen molar-refractivity contribution in [3.05, 3.63) is 57.9 Å². The maximum absolute atomic E-state index is 12.4. The second kappa shape index (κ2) is 9.12. The molecule has 0 aliphatic heterocycles. The lowest BCUT2D eigenvalue weighted by Gasteiger charge is -2.12. The van der Waals surface area contributed by atoms with Crippen LogP contribution in [0.2, 0.25) is 0 Å². The van der Waals surface area contributed by atoms with Crippen molar-refractivity contribution in [2.24, 2.45) is 0 Å². The van der Waals surface area contributed by atoms with Gasteiger partial charge in [0.1, 0.15) is 0 Å². The van der Waals surface area contributed by atoms with Gasteiger partial charge in [-0.05, 0) is 36.8 Å². The predicted octanol–water partition coefficient (Wildman–Crippen LogP) is 3.74. The van der Waals surface area contributed by atoms with Gasteiger partial charge in [0, 0.05) is 30.0 Å². The Morgan fingerprint density at radius 3 is 2.41 bits per heavy atom. The number of aromatic nitrogens is 1. The monoisotopic (exact) mass is 372 g/mol. The number of anilines is 1. The number of nitro groups is 1. The number of benzene rings is 1. The maximum Gasteiger partial charge on any atom is 0.311 e. The molecule has 1 N–H and O–H groups in total. The van der Waals surface area contributed by atoms with Crippen LogP contribution in [0.25, 0.3) is 0 Å². The fourth-order valence-electron chi connectivity index (χ4n) is 3.08. The number of rotatable bonds is 8. The zero-order valence-corrected chi connectivity index (χ0v) is 16.2. The van der Waals surface area contributed by atoms with Crippen molar-refractivity contribution in [2.45, 2.75) is 46.1 Å². The molecule has 2 rings (SSSR count). The molecule has 27 heavy (non-hydrogen) atoms. The summed E-state index contributed by atoms with van der Waals surface area (Å²) in [4.78, 5) is 22.9. The first-order chi connectivity index (χ1) is 12.9. The Morgan fingerprint density at radius 1 is 1.26 bits per heavy atom. The molecule has 0 unspecified atom stereocenters. The van der Waals surface area contributed by atoms with E-state index < -0.39 is 4.92 Å². The number of nitro benzene ring substituents is 1. The van der Waals surface area contributed by atoms with Crippen molar-refractivity contribution in [3.63, 3.8) is 0 Å². The highest BCUT2D eigenvalue weighted by molar-refractivity contribution is 5.91. The van der Waals surface area contributed by atoms with Gasteiger partial charge in [-0.1, -0.05) is 13.8 Å². The third kappa shape index (κ3) is 5.03. The summed E-state index contributed by atoms with van der Waals surface area (Å²) in [6.45, 7) is 6.20. The molecule has 0 atom stereocenters. The number of aryl methyl sites for hydroxylation is 1. The van der Waals surface area contributed by atoms with Crippen molar-refractivity contribution in [1.82, 2.24) is 0 Å². The molecule has 7 heteroatoms. The minimum Gasteiger partial charge on any atom is -0.490 e. The molecule has 0 saturated carbocycles. The third-order valence-corrected chi connectivity index (χ3v) is 4.70. The van der Waals surface area contributed by atoms with Gasteiger partial charge in [-0.25, -0.2) is 0 Å². The molecule has 0 aliphatic rings. The number of nitrogens with zero attached hydrogens (tertiary/aromatic N) is 2. The van der Waals surface area contributed by atoms with Gasteiger partial charge >= 0.3 is 5.69 Å². The molecule has 1 aromatic heterocycles. The molecule has 0 saturated heterocycles. The summed E-state index contributed by atoms with van der Waals surface area (Å²) < 4.78 is 6.87. The normalized spacial score (nSPS) is 10.7. The third-order valence-electron chi connectivity index (χ3n) is 4.70. The number of hydrogen-bond acceptors (Lipinski definition) is 4. The molecular weight excluding hydrogens is 346 g/mol. The van der Waals surface area contributed by atoms with Gasteiger partial charge in [0.15, 0.2) is 18.1 Å². The highest BCUT2D eigenvalue weighted by Gasteiger charge is 2.19. The number of methoxy groups -OCH3 is 1. The van der Waals surface area contributed by atoms with Gasteiger partial charge < -0.3 is 10.1 Å². The summed E-state index contributed by atoms with van der Waals surface area (Å²) in [5, 5.41) is 13.9. The SMILES string of the molecule is CCC(CC)c1cc[n+](CC(=O)Nc2cc(OC)c([N+](=O)[O-])cc2C)cc1. The van der Waals surface area contributed by atoms with Crippen molar-refractivity contribution in [3.8, 4) is 5.75 Å². The molecule has 1 heterocycles. The van der Waals surface area contributed by atoms with Gasteiger partial charge in [0.25, 0.3) is 5.91 Å². The first-order valence-corrected chi connectivity index (χ1v) is 9.01. The quantitative estimate of drug-likeness (QED) is 0.434. The van der Waals surface area contributed by atoms with Crippen LogP contribution in [0, 0.1) is 17.0 Å². The largest absolute Gasteiger partial charge is 0.490 e. The first-order valence-electron chi connectivity index (χ1n) is 9.01. The zero-order valence-electron chi connectivity index (χ0n) is 16.2. The van der Waals surface area contributed by atoms with Crippen LogP contribution in [0.15, 0.2) is 36.7 Å². The molecular formula is C20H26N3O4+. The number of amides is 1. The van der Waals surface area contributed by atoms with Gasteiger partial charge in [-0.15, -0.1) is 0 Å². The van der Waals surface area contributed by atoms with Crippen LogP contribution in [-0.2, 0) is 11.3 Å². The van der Waals surface area contributed by atoms with E-state index in [0.29, 0.717) is 17.2 Å². The number of pyridine rings is 1.